The summed E-state index contributed by atoms with van der Waals surface area (Å²) in [6.07, 6.45) is 3.87. The van der Waals surface area contributed by atoms with Crippen LogP contribution < -0.4 is 0 Å². The highest BCUT2D eigenvalue weighted by Crippen LogP contribution is 2.24. The fourth-order valence-electron chi connectivity index (χ4n) is 4.18. The number of nitrogens with zero attached hydrogens (tertiary/aromatic N) is 5. The molecule has 7 nitrogen and oxygen atoms in total. The molecule has 1 aromatic heterocycles. The Hall–Kier alpha value is -3.22. The van der Waals surface area contributed by atoms with Crippen molar-refractivity contribution in [1.29, 1.82) is 0 Å². The van der Waals surface area contributed by atoms with Crippen LogP contribution in [0.1, 0.15) is 30.1 Å². The summed E-state index contributed by atoms with van der Waals surface area (Å²) in [7, 11) is 0. The molecule has 0 spiro atoms. The van der Waals surface area contributed by atoms with Gasteiger partial charge in [-0.15, -0.1) is 5.10 Å². The predicted octanol–water partition coefficient (Wildman–Crippen LogP) is 2.18. The van der Waals surface area contributed by atoms with Crippen LogP contribution in [0.5, 0.6) is 0 Å². The fourth-order valence-corrected chi connectivity index (χ4v) is 4.18. The number of fused-ring (bicyclic) bond motifs is 1. The van der Waals surface area contributed by atoms with Crippen LogP contribution in [0.15, 0.2) is 48.7 Å². The van der Waals surface area contributed by atoms with Crippen molar-refractivity contribution in [1.82, 2.24) is 24.8 Å². The first-order valence-corrected chi connectivity index (χ1v) is 10.1. The Morgan fingerprint density at radius 2 is 1.93 bits per heavy atom. The maximum absolute atomic E-state index is 12.7. The van der Waals surface area contributed by atoms with Gasteiger partial charge in [-0.05, 0) is 22.8 Å². The number of aromatic nitrogens is 3. The van der Waals surface area contributed by atoms with E-state index in [0.717, 1.165) is 35.0 Å². The van der Waals surface area contributed by atoms with E-state index in [4.69, 9.17) is 0 Å². The summed E-state index contributed by atoms with van der Waals surface area (Å²) in [6, 6.07) is 14.4. The zero-order chi connectivity index (χ0) is 19.8. The van der Waals surface area contributed by atoms with E-state index >= 15 is 0 Å². The molecule has 0 N–H and O–H groups in total. The van der Waals surface area contributed by atoms with Gasteiger partial charge in [0.25, 0.3) is 0 Å². The minimum Gasteiger partial charge on any atom is -0.338 e. The molecule has 7 heteroatoms. The lowest BCUT2D eigenvalue weighted by Crippen LogP contribution is -2.51. The number of carbonyl (C=O) groups excluding carboxylic acids is 2. The second kappa shape index (κ2) is 7.31. The van der Waals surface area contributed by atoms with Crippen molar-refractivity contribution in [2.75, 3.05) is 19.6 Å². The van der Waals surface area contributed by atoms with Gasteiger partial charge in [-0.3, -0.25) is 9.59 Å². The molecule has 2 saturated heterocycles. The Kier molecular flexibility index (Phi) is 4.50. The van der Waals surface area contributed by atoms with Crippen molar-refractivity contribution in [2.45, 2.75) is 31.8 Å². The highest BCUT2D eigenvalue weighted by atomic mass is 16.2. The Labute approximate surface area is 168 Å². The van der Waals surface area contributed by atoms with Gasteiger partial charge >= 0.3 is 0 Å². The van der Waals surface area contributed by atoms with E-state index in [0.29, 0.717) is 32.5 Å². The number of likely N-dealkylation sites (tertiary alicyclic amines) is 2. The van der Waals surface area contributed by atoms with E-state index in [1.54, 1.807) is 0 Å². The van der Waals surface area contributed by atoms with E-state index in [2.05, 4.69) is 28.5 Å². The van der Waals surface area contributed by atoms with Gasteiger partial charge in [-0.1, -0.05) is 47.7 Å². The minimum absolute atomic E-state index is 0.139. The Balaban J connectivity index is 1.19. The van der Waals surface area contributed by atoms with E-state index < -0.39 is 0 Å². The van der Waals surface area contributed by atoms with Gasteiger partial charge in [-0.2, -0.15) is 0 Å². The van der Waals surface area contributed by atoms with Gasteiger partial charge in [0.2, 0.25) is 11.8 Å². The highest BCUT2D eigenvalue weighted by Gasteiger charge is 2.33. The molecule has 3 heterocycles. The third-order valence-corrected chi connectivity index (χ3v) is 5.89. The molecule has 2 aliphatic rings. The number of rotatable bonds is 5. The third-order valence-electron chi connectivity index (χ3n) is 5.89. The summed E-state index contributed by atoms with van der Waals surface area (Å²) in [4.78, 5) is 28.2. The number of hydrogen-bond donors (Lipinski definition) is 0. The SMILES string of the molecule is O=C1CCCN1Cc1cn(C2CN(C(=O)Cc3cccc4ccccc34)C2)nn1. The maximum atomic E-state index is 12.7. The lowest BCUT2D eigenvalue weighted by atomic mass is 10.0. The van der Waals surface area contributed by atoms with Crippen LogP contribution in [0.4, 0.5) is 0 Å². The smallest absolute Gasteiger partial charge is 0.227 e. The second-order valence-corrected chi connectivity index (χ2v) is 7.88. The molecule has 2 aliphatic heterocycles. The quantitative estimate of drug-likeness (QED) is 0.671. The van der Waals surface area contributed by atoms with Crippen LogP contribution in [-0.4, -0.2) is 56.2 Å². The molecule has 3 aromatic rings. The summed E-state index contributed by atoms with van der Waals surface area (Å²) >= 11 is 0. The first-order chi connectivity index (χ1) is 14.2. The van der Waals surface area contributed by atoms with Gasteiger partial charge in [0, 0.05) is 26.1 Å². The molecule has 29 heavy (non-hydrogen) atoms. The summed E-state index contributed by atoms with van der Waals surface area (Å²) in [5, 5.41) is 10.7. The average Bonchev–Trinajstić information content (AvgIpc) is 3.31. The van der Waals surface area contributed by atoms with E-state index in [-0.39, 0.29) is 17.9 Å². The average molecular weight is 389 g/mol. The van der Waals surface area contributed by atoms with E-state index in [9.17, 15) is 9.59 Å². The van der Waals surface area contributed by atoms with Crippen molar-refractivity contribution in [3.05, 3.63) is 59.9 Å². The lowest BCUT2D eigenvalue weighted by molar-refractivity contribution is -0.136. The van der Waals surface area contributed by atoms with Gasteiger partial charge in [0.05, 0.1) is 25.2 Å². The van der Waals surface area contributed by atoms with Crippen molar-refractivity contribution < 1.29 is 9.59 Å². The topological polar surface area (TPSA) is 71.3 Å². The molecule has 148 valence electrons. The standard InChI is InChI=1S/C22H23N5O2/c28-21-9-4-10-25(21)12-18-13-27(24-23-18)19-14-26(15-19)22(29)11-17-7-3-6-16-5-1-2-8-20(16)17/h1-3,5-8,13,19H,4,9-12,14-15H2. The van der Waals surface area contributed by atoms with E-state index in [1.165, 1.54) is 0 Å². The van der Waals surface area contributed by atoms with Gasteiger partial charge in [-0.25, -0.2) is 4.68 Å². The first-order valence-electron chi connectivity index (χ1n) is 10.1. The molecule has 0 saturated carbocycles. The largest absolute Gasteiger partial charge is 0.338 e. The number of amides is 2. The molecule has 0 atom stereocenters. The highest BCUT2D eigenvalue weighted by molar-refractivity contribution is 5.90. The minimum atomic E-state index is 0.139. The summed E-state index contributed by atoms with van der Waals surface area (Å²) in [6.45, 7) is 2.62. The van der Waals surface area contributed by atoms with Crippen LogP contribution in [0.3, 0.4) is 0 Å². The normalized spacial score (nSPS) is 17.2. The summed E-state index contributed by atoms with van der Waals surface area (Å²) < 4.78 is 1.83. The Morgan fingerprint density at radius 1 is 1.10 bits per heavy atom. The van der Waals surface area contributed by atoms with Crippen LogP contribution in [0.2, 0.25) is 0 Å². The molecular formula is C22H23N5O2. The van der Waals surface area contributed by atoms with Gasteiger partial charge in [0.15, 0.2) is 0 Å². The third kappa shape index (κ3) is 3.48. The molecule has 2 fully saturated rings. The van der Waals surface area contributed by atoms with Crippen LogP contribution in [0, 0.1) is 0 Å². The van der Waals surface area contributed by atoms with Crippen LogP contribution in [0.25, 0.3) is 10.8 Å². The molecule has 2 amide bonds. The maximum Gasteiger partial charge on any atom is 0.227 e. The summed E-state index contributed by atoms with van der Waals surface area (Å²) in [5.41, 5.74) is 1.87. The number of hydrogen-bond acceptors (Lipinski definition) is 4. The fraction of sp³-hybridized carbons (Fsp3) is 0.364. The Bertz CT molecular complexity index is 1060. The summed E-state index contributed by atoms with van der Waals surface area (Å²) in [5.74, 6) is 0.328. The van der Waals surface area contributed by atoms with Gasteiger partial charge < -0.3 is 9.80 Å². The molecular weight excluding hydrogens is 366 g/mol. The van der Waals surface area contributed by atoms with Crippen molar-refractivity contribution in [3.63, 3.8) is 0 Å². The van der Waals surface area contributed by atoms with Crippen molar-refractivity contribution in [2.24, 2.45) is 0 Å². The van der Waals surface area contributed by atoms with Gasteiger partial charge in [0.1, 0.15) is 5.69 Å². The lowest BCUT2D eigenvalue weighted by Gasteiger charge is -2.39. The first kappa shape index (κ1) is 17.8. The Morgan fingerprint density at radius 3 is 2.76 bits per heavy atom. The number of benzene rings is 2. The van der Waals surface area contributed by atoms with Crippen molar-refractivity contribution in [3.8, 4) is 0 Å². The van der Waals surface area contributed by atoms with Crippen molar-refractivity contribution >= 4 is 22.6 Å². The molecule has 2 aromatic carbocycles. The van der Waals surface area contributed by atoms with Crippen LogP contribution in [-0.2, 0) is 22.6 Å². The molecule has 0 bridgehead atoms. The zero-order valence-corrected chi connectivity index (χ0v) is 16.2. The second-order valence-electron chi connectivity index (χ2n) is 7.88. The predicted molar refractivity (Wildman–Crippen MR) is 108 cm³/mol. The molecule has 0 aliphatic carbocycles. The van der Waals surface area contributed by atoms with Crippen LogP contribution >= 0.6 is 0 Å². The zero-order valence-electron chi connectivity index (χ0n) is 16.2. The van der Waals surface area contributed by atoms with E-state index in [1.807, 2.05) is 44.9 Å². The molecule has 5 rings (SSSR count). The monoisotopic (exact) mass is 389 g/mol. The number of carbonyl (C=O) groups is 2. The molecule has 0 radical (unpaired) electrons. The molecule has 0 unspecified atom stereocenters.